The molecule has 1 aliphatic rings. The Morgan fingerprint density at radius 3 is 2.71 bits per heavy atom. The average Bonchev–Trinajstić information content (AvgIpc) is 2.45. The maximum absolute atomic E-state index is 12.5. The normalized spacial score (nSPS) is 21.0. The SMILES string of the molecule is FC(F)(F)[C@@H]1NCc2cc(I)ccc21. The van der Waals surface area contributed by atoms with Crippen molar-refractivity contribution in [3.63, 3.8) is 0 Å². The molecular weight excluding hydrogens is 306 g/mol. The van der Waals surface area contributed by atoms with Crippen molar-refractivity contribution in [3.05, 3.63) is 32.9 Å². The van der Waals surface area contributed by atoms with Crippen LogP contribution in [0.1, 0.15) is 17.2 Å². The molecule has 0 spiro atoms. The van der Waals surface area contributed by atoms with Gasteiger partial charge in [-0.1, -0.05) is 6.07 Å². The van der Waals surface area contributed by atoms with Gasteiger partial charge in [0.25, 0.3) is 0 Å². The summed E-state index contributed by atoms with van der Waals surface area (Å²) in [5, 5.41) is 2.46. The average molecular weight is 313 g/mol. The van der Waals surface area contributed by atoms with Crippen LogP contribution in [0.2, 0.25) is 0 Å². The number of alkyl halides is 3. The fourth-order valence-electron chi connectivity index (χ4n) is 1.62. The zero-order chi connectivity index (χ0) is 10.3. The van der Waals surface area contributed by atoms with Crippen LogP contribution in [-0.4, -0.2) is 6.18 Å². The maximum atomic E-state index is 12.5. The maximum Gasteiger partial charge on any atom is 0.407 e. The summed E-state index contributed by atoms with van der Waals surface area (Å²) in [5.74, 6) is 0. The number of halogens is 4. The molecule has 1 aliphatic heterocycles. The Morgan fingerprint density at radius 1 is 1.36 bits per heavy atom. The second-order valence-corrected chi connectivity index (χ2v) is 4.44. The van der Waals surface area contributed by atoms with E-state index < -0.39 is 12.2 Å². The van der Waals surface area contributed by atoms with Crippen molar-refractivity contribution in [2.45, 2.75) is 18.8 Å². The molecule has 1 nitrogen and oxygen atoms in total. The molecule has 76 valence electrons. The lowest BCUT2D eigenvalue weighted by atomic mass is 10.1. The van der Waals surface area contributed by atoms with E-state index in [1.807, 2.05) is 0 Å². The third-order valence-electron chi connectivity index (χ3n) is 2.24. The van der Waals surface area contributed by atoms with E-state index in [1.165, 1.54) is 0 Å². The smallest absolute Gasteiger partial charge is 0.298 e. The molecule has 2 rings (SSSR count). The van der Waals surface area contributed by atoms with Gasteiger partial charge in [0.15, 0.2) is 0 Å². The quantitative estimate of drug-likeness (QED) is 0.726. The van der Waals surface area contributed by atoms with E-state index in [9.17, 15) is 13.2 Å². The fourth-order valence-corrected chi connectivity index (χ4v) is 2.18. The van der Waals surface area contributed by atoms with Gasteiger partial charge < -0.3 is 0 Å². The molecule has 0 bridgehead atoms. The first-order chi connectivity index (χ1) is 6.48. The Labute approximate surface area is 92.8 Å². The van der Waals surface area contributed by atoms with E-state index in [4.69, 9.17) is 0 Å². The van der Waals surface area contributed by atoms with Crippen molar-refractivity contribution in [1.29, 1.82) is 0 Å². The molecule has 5 heteroatoms. The van der Waals surface area contributed by atoms with Crippen molar-refractivity contribution >= 4 is 22.6 Å². The molecule has 1 N–H and O–H groups in total. The summed E-state index contributed by atoms with van der Waals surface area (Å²) in [7, 11) is 0. The Balaban J connectivity index is 2.41. The van der Waals surface area contributed by atoms with Gasteiger partial charge in [0.05, 0.1) is 0 Å². The summed E-state index contributed by atoms with van der Waals surface area (Å²) in [6.07, 6.45) is -4.20. The summed E-state index contributed by atoms with van der Waals surface area (Å²) < 4.78 is 38.4. The number of hydrogen-bond donors (Lipinski definition) is 1. The third kappa shape index (κ3) is 1.75. The first-order valence-corrected chi connectivity index (χ1v) is 5.15. The van der Waals surface area contributed by atoms with Gasteiger partial charge in [0.2, 0.25) is 0 Å². The number of hydrogen-bond acceptors (Lipinski definition) is 1. The van der Waals surface area contributed by atoms with Crippen LogP contribution in [0, 0.1) is 3.57 Å². The van der Waals surface area contributed by atoms with Gasteiger partial charge in [-0.05, 0) is 45.9 Å². The highest BCUT2D eigenvalue weighted by atomic mass is 127. The van der Waals surface area contributed by atoms with Crippen LogP contribution in [0.3, 0.4) is 0 Å². The topological polar surface area (TPSA) is 12.0 Å². The molecule has 14 heavy (non-hydrogen) atoms. The van der Waals surface area contributed by atoms with Crippen molar-refractivity contribution < 1.29 is 13.2 Å². The molecular formula is C9H7F3IN. The van der Waals surface area contributed by atoms with E-state index in [0.717, 1.165) is 9.13 Å². The lowest BCUT2D eigenvalue weighted by Gasteiger charge is -2.15. The fraction of sp³-hybridized carbons (Fsp3) is 0.333. The monoisotopic (exact) mass is 313 g/mol. The zero-order valence-electron chi connectivity index (χ0n) is 7.03. The van der Waals surface area contributed by atoms with Crippen LogP contribution < -0.4 is 5.32 Å². The molecule has 0 aliphatic carbocycles. The second kappa shape index (κ2) is 3.37. The Hall–Kier alpha value is -0.300. The van der Waals surface area contributed by atoms with Crippen LogP contribution in [0.4, 0.5) is 13.2 Å². The van der Waals surface area contributed by atoms with Crippen LogP contribution in [0.15, 0.2) is 18.2 Å². The number of nitrogens with one attached hydrogen (secondary N) is 1. The second-order valence-electron chi connectivity index (χ2n) is 3.20. The van der Waals surface area contributed by atoms with E-state index >= 15 is 0 Å². The van der Waals surface area contributed by atoms with Gasteiger partial charge in [-0.2, -0.15) is 13.2 Å². The predicted octanol–water partition coefficient (Wildman–Crippen LogP) is 3.00. The van der Waals surface area contributed by atoms with Crippen molar-refractivity contribution in [2.24, 2.45) is 0 Å². The lowest BCUT2D eigenvalue weighted by Crippen LogP contribution is -2.28. The molecule has 0 saturated heterocycles. The minimum absolute atomic E-state index is 0.302. The highest BCUT2D eigenvalue weighted by Gasteiger charge is 2.44. The summed E-state index contributed by atoms with van der Waals surface area (Å²) in [5.41, 5.74) is 1.11. The summed E-state index contributed by atoms with van der Waals surface area (Å²) >= 11 is 2.09. The molecule has 0 radical (unpaired) electrons. The highest BCUT2D eigenvalue weighted by molar-refractivity contribution is 14.1. The first kappa shape index (κ1) is 10.2. The standard InChI is InChI=1S/C9H7F3IN/c10-9(11,12)8-7-2-1-6(13)3-5(7)4-14-8/h1-3,8,14H,4H2/t8-/m1/s1. The molecule has 0 aromatic heterocycles. The number of benzene rings is 1. The van der Waals surface area contributed by atoms with Crippen LogP contribution >= 0.6 is 22.6 Å². The van der Waals surface area contributed by atoms with Crippen molar-refractivity contribution in [1.82, 2.24) is 5.32 Å². The molecule has 1 heterocycles. The van der Waals surface area contributed by atoms with E-state index in [-0.39, 0.29) is 0 Å². The molecule has 0 saturated carbocycles. The molecule has 1 aromatic carbocycles. The third-order valence-corrected chi connectivity index (χ3v) is 2.91. The van der Waals surface area contributed by atoms with Gasteiger partial charge in [-0.15, -0.1) is 0 Å². The summed E-state index contributed by atoms with van der Waals surface area (Å²) in [4.78, 5) is 0. The van der Waals surface area contributed by atoms with Gasteiger partial charge in [-0.3, -0.25) is 5.32 Å². The number of fused-ring (bicyclic) bond motifs is 1. The molecule has 0 fully saturated rings. The summed E-state index contributed by atoms with van der Waals surface area (Å²) in [6, 6.07) is 3.55. The molecule has 1 atom stereocenters. The van der Waals surface area contributed by atoms with Gasteiger partial charge in [0.1, 0.15) is 6.04 Å². The van der Waals surface area contributed by atoms with Gasteiger partial charge in [-0.25, -0.2) is 0 Å². The van der Waals surface area contributed by atoms with Crippen LogP contribution in [0.25, 0.3) is 0 Å². The first-order valence-electron chi connectivity index (χ1n) is 4.07. The lowest BCUT2D eigenvalue weighted by molar-refractivity contribution is -0.155. The Bertz CT molecular complexity index is 362. The van der Waals surface area contributed by atoms with Crippen molar-refractivity contribution in [2.75, 3.05) is 0 Å². The zero-order valence-corrected chi connectivity index (χ0v) is 9.19. The van der Waals surface area contributed by atoms with E-state index in [0.29, 0.717) is 12.1 Å². The van der Waals surface area contributed by atoms with Crippen LogP contribution in [0.5, 0.6) is 0 Å². The van der Waals surface area contributed by atoms with Gasteiger partial charge in [0, 0.05) is 10.1 Å². The van der Waals surface area contributed by atoms with Gasteiger partial charge >= 0.3 is 6.18 Å². The van der Waals surface area contributed by atoms with E-state index in [1.54, 1.807) is 18.2 Å². The molecule has 1 aromatic rings. The largest absolute Gasteiger partial charge is 0.407 e. The number of rotatable bonds is 0. The molecule has 0 unspecified atom stereocenters. The minimum Gasteiger partial charge on any atom is -0.298 e. The van der Waals surface area contributed by atoms with Crippen molar-refractivity contribution in [3.8, 4) is 0 Å². The molecule has 0 amide bonds. The van der Waals surface area contributed by atoms with Crippen LogP contribution in [-0.2, 0) is 6.54 Å². The highest BCUT2D eigenvalue weighted by Crippen LogP contribution is 2.38. The van der Waals surface area contributed by atoms with E-state index in [2.05, 4.69) is 27.9 Å². The predicted molar refractivity (Wildman–Crippen MR) is 54.8 cm³/mol. The summed E-state index contributed by atoms with van der Waals surface area (Å²) in [6.45, 7) is 0.302. The Kier molecular flexibility index (Phi) is 2.46. The minimum atomic E-state index is -4.20. The Morgan fingerprint density at radius 2 is 2.07 bits per heavy atom.